The van der Waals surface area contributed by atoms with Crippen molar-refractivity contribution in [2.24, 2.45) is 0 Å². The standard InChI is InChI=1S/C24H34N4O4S2/c1-14(2)21-26-27-24(28(21)12-16-8-7-11-31-16)33-13-19(29)25-22-20(23(30)32-15(3)4)17-9-5-6-10-18(17)34-22/h14-16H,5-13H2,1-4H3,(H,25,29). The van der Waals surface area contributed by atoms with Crippen molar-refractivity contribution in [3.05, 3.63) is 21.8 Å². The molecule has 2 aromatic heterocycles. The highest BCUT2D eigenvalue weighted by Gasteiger charge is 2.28. The molecule has 8 nitrogen and oxygen atoms in total. The quantitative estimate of drug-likeness (QED) is 0.385. The van der Waals surface area contributed by atoms with Crippen molar-refractivity contribution < 1.29 is 19.1 Å². The number of amides is 1. The van der Waals surface area contributed by atoms with Crippen LogP contribution in [0.3, 0.4) is 0 Å². The molecule has 186 valence electrons. The molecular weight excluding hydrogens is 472 g/mol. The number of rotatable bonds is 9. The van der Waals surface area contributed by atoms with Crippen molar-refractivity contribution in [2.75, 3.05) is 17.7 Å². The lowest BCUT2D eigenvalue weighted by atomic mass is 9.95. The van der Waals surface area contributed by atoms with Crippen LogP contribution in [0.5, 0.6) is 0 Å². The van der Waals surface area contributed by atoms with Gasteiger partial charge in [0.1, 0.15) is 10.8 Å². The highest BCUT2D eigenvalue weighted by molar-refractivity contribution is 7.99. The number of carbonyl (C=O) groups excluding carboxylic acids is 2. The molecule has 1 unspecified atom stereocenters. The number of aromatic nitrogens is 3. The number of fused-ring (bicyclic) bond motifs is 1. The first-order valence-corrected chi connectivity index (χ1v) is 14.0. The number of aryl methyl sites for hydroxylation is 1. The van der Waals surface area contributed by atoms with E-state index in [9.17, 15) is 9.59 Å². The third-order valence-corrected chi connectivity index (χ3v) is 8.15. The van der Waals surface area contributed by atoms with Gasteiger partial charge in [-0.3, -0.25) is 4.79 Å². The number of hydrogen-bond acceptors (Lipinski definition) is 8. The first-order valence-electron chi connectivity index (χ1n) is 12.2. The van der Waals surface area contributed by atoms with Crippen molar-refractivity contribution in [3.8, 4) is 0 Å². The maximum atomic E-state index is 12.9. The van der Waals surface area contributed by atoms with E-state index in [1.165, 1.54) is 28.0 Å². The molecule has 2 aliphatic rings. The van der Waals surface area contributed by atoms with Crippen LogP contribution in [0, 0.1) is 0 Å². The molecule has 0 radical (unpaired) electrons. The second kappa shape index (κ2) is 11.2. The van der Waals surface area contributed by atoms with E-state index in [4.69, 9.17) is 9.47 Å². The first kappa shape index (κ1) is 25.2. The van der Waals surface area contributed by atoms with Crippen LogP contribution in [0.2, 0.25) is 0 Å². The number of carbonyl (C=O) groups is 2. The van der Waals surface area contributed by atoms with Crippen LogP contribution in [0.1, 0.15) is 85.9 Å². The summed E-state index contributed by atoms with van der Waals surface area (Å²) in [5.74, 6) is 0.797. The summed E-state index contributed by atoms with van der Waals surface area (Å²) in [4.78, 5) is 27.0. The van der Waals surface area contributed by atoms with Gasteiger partial charge >= 0.3 is 5.97 Å². The number of nitrogens with zero attached hydrogens (tertiary/aromatic N) is 3. The second-order valence-corrected chi connectivity index (χ2v) is 11.5. The molecule has 0 aromatic carbocycles. The minimum absolute atomic E-state index is 0.161. The topological polar surface area (TPSA) is 95.3 Å². The van der Waals surface area contributed by atoms with Gasteiger partial charge in [0.15, 0.2) is 5.16 Å². The summed E-state index contributed by atoms with van der Waals surface area (Å²) in [5, 5.41) is 13.0. The Kier molecular flexibility index (Phi) is 8.31. The fraction of sp³-hybridized carbons (Fsp3) is 0.667. The van der Waals surface area contributed by atoms with Crippen molar-refractivity contribution in [1.82, 2.24) is 14.8 Å². The molecule has 1 atom stereocenters. The Morgan fingerprint density at radius 3 is 2.71 bits per heavy atom. The van der Waals surface area contributed by atoms with Crippen LogP contribution in [0.15, 0.2) is 5.16 Å². The zero-order chi connectivity index (χ0) is 24.2. The van der Waals surface area contributed by atoms with Crippen LogP contribution in [-0.2, 0) is 33.7 Å². The molecule has 1 aliphatic carbocycles. The van der Waals surface area contributed by atoms with E-state index in [-0.39, 0.29) is 35.8 Å². The molecule has 0 bridgehead atoms. The number of thioether (sulfide) groups is 1. The zero-order valence-corrected chi connectivity index (χ0v) is 22.0. The van der Waals surface area contributed by atoms with Gasteiger partial charge in [-0.25, -0.2) is 4.79 Å². The molecule has 1 amide bonds. The van der Waals surface area contributed by atoms with Gasteiger partial charge in [-0.2, -0.15) is 0 Å². The minimum atomic E-state index is -0.352. The second-order valence-electron chi connectivity index (χ2n) is 9.45. The van der Waals surface area contributed by atoms with Crippen molar-refractivity contribution in [3.63, 3.8) is 0 Å². The van der Waals surface area contributed by atoms with E-state index in [0.717, 1.165) is 61.7 Å². The lowest BCUT2D eigenvalue weighted by Gasteiger charge is -2.16. The zero-order valence-electron chi connectivity index (χ0n) is 20.4. The summed E-state index contributed by atoms with van der Waals surface area (Å²) in [6.45, 7) is 9.35. The molecule has 2 aromatic rings. The normalized spacial score (nSPS) is 17.9. The average molecular weight is 507 g/mol. The SMILES string of the molecule is CC(C)OC(=O)c1c(NC(=O)CSc2nnc(C(C)C)n2CC2CCCO2)sc2c1CCCC2. The Hall–Kier alpha value is -1.91. The molecule has 1 saturated heterocycles. The third-order valence-electron chi connectivity index (χ3n) is 5.98. The summed E-state index contributed by atoms with van der Waals surface area (Å²) in [5.41, 5.74) is 1.58. The summed E-state index contributed by atoms with van der Waals surface area (Å²) in [7, 11) is 0. The largest absolute Gasteiger partial charge is 0.459 e. The fourth-order valence-electron chi connectivity index (χ4n) is 4.43. The van der Waals surface area contributed by atoms with Crippen LogP contribution in [0.4, 0.5) is 5.00 Å². The number of thiophene rings is 1. The summed E-state index contributed by atoms with van der Waals surface area (Å²) >= 11 is 2.87. The van der Waals surface area contributed by atoms with Gasteiger partial charge in [0.05, 0.1) is 30.1 Å². The summed E-state index contributed by atoms with van der Waals surface area (Å²) in [6, 6.07) is 0. The maximum absolute atomic E-state index is 12.9. The van der Waals surface area contributed by atoms with Crippen LogP contribution in [0.25, 0.3) is 0 Å². The molecule has 1 N–H and O–H groups in total. The lowest BCUT2D eigenvalue weighted by molar-refractivity contribution is -0.113. The van der Waals surface area contributed by atoms with E-state index in [1.54, 1.807) is 0 Å². The van der Waals surface area contributed by atoms with Gasteiger partial charge in [-0.05, 0) is 57.9 Å². The smallest absolute Gasteiger partial charge is 0.341 e. The van der Waals surface area contributed by atoms with Gasteiger partial charge in [0.2, 0.25) is 5.91 Å². The predicted octanol–water partition coefficient (Wildman–Crippen LogP) is 4.82. The molecule has 0 spiro atoms. The van der Waals surface area contributed by atoms with E-state index < -0.39 is 0 Å². The first-order chi connectivity index (χ1) is 16.3. The number of hydrogen-bond donors (Lipinski definition) is 1. The Morgan fingerprint density at radius 1 is 1.21 bits per heavy atom. The summed E-state index contributed by atoms with van der Waals surface area (Å²) in [6.07, 6.45) is 5.99. The maximum Gasteiger partial charge on any atom is 0.341 e. The van der Waals surface area contributed by atoms with Gasteiger partial charge in [0, 0.05) is 17.4 Å². The minimum Gasteiger partial charge on any atom is -0.459 e. The highest BCUT2D eigenvalue weighted by atomic mass is 32.2. The average Bonchev–Trinajstić information content (AvgIpc) is 3.50. The molecule has 10 heteroatoms. The molecule has 1 aliphatic heterocycles. The van der Waals surface area contributed by atoms with Gasteiger partial charge < -0.3 is 19.4 Å². The molecule has 0 saturated carbocycles. The fourth-order valence-corrected chi connectivity index (χ4v) is 6.48. The number of esters is 1. The van der Waals surface area contributed by atoms with Crippen molar-refractivity contribution in [1.29, 1.82) is 0 Å². The monoisotopic (exact) mass is 506 g/mol. The lowest BCUT2D eigenvalue weighted by Crippen LogP contribution is -2.20. The number of nitrogens with one attached hydrogen (secondary N) is 1. The Bertz CT molecular complexity index is 1020. The van der Waals surface area contributed by atoms with E-state index >= 15 is 0 Å². The van der Waals surface area contributed by atoms with Crippen molar-refractivity contribution >= 4 is 40.0 Å². The Labute approximate surface area is 209 Å². The molecular formula is C24H34N4O4S2. The highest BCUT2D eigenvalue weighted by Crippen LogP contribution is 2.39. The summed E-state index contributed by atoms with van der Waals surface area (Å²) < 4.78 is 13.4. The number of anilines is 1. The van der Waals surface area contributed by atoms with Gasteiger partial charge in [0.25, 0.3) is 0 Å². The predicted molar refractivity (Wildman–Crippen MR) is 134 cm³/mol. The molecule has 4 rings (SSSR count). The van der Waals surface area contributed by atoms with Crippen LogP contribution >= 0.6 is 23.1 Å². The van der Waals surface area contributed by atoms with E-state index in [0.29, 0.717) is 17.1 Å². The third kappa shape index (κ3) is 5.83. The Balaban J connectivity index is 1.46. The number of ether oxygens (including phenoxy) is 2. The van der Waals surface area contributed by atoms with Gasteiger partial charge in [-0.15, -0.1) is 21.5 Å². The molecule has 3 heterocycles. The molecule has 1 fully saturated rings. The van der Waals surface area contributed by atoms with Gasteiger partial charge in [-0.1, -0.05) is 25.6 Å². The van der Waals surface area contributed by atoms with Crippen molar-refractivity contribution in [2.45, 2.75) is 96.0 Å². The molecule has 34 heavy (non-hydrogen) atoms. The van der Waals surface area contributed by atoms with Crippen LogP contribution < -0.4 is 5.32 Å². The van der Waals surface area contributed by atoms with Crippen LogP contribution in [-0.4, -0.2) is 51.2 Å². The van der Waals surface area contributed by atoms with E-state index in [1.807, 2.05) is 13.8 Å². The van der Waals surface area contributed by atoms with E-state index in [2.05, 4.69) is 33.9 Å². The Morgan fingerprint density at radius 2 is 2.00 bits per heavy atom.